The lowest BCUT2D eigenvalue weighted by Crippen LogP contribution is -2.55. The number of ether oxygens (including phenoxy) is 1. The Morgan fingerprint density at radius 2 is 2.17 bits per heavy atom. The van der Waals surface area contributed by atoms with Gasteiger partial charge in [0.1, 0.15) is 11.8 Å². The Bertz CT molecular complexity index is 294. The van der Waals surface area contributed by atoms with E-state index in [4.69, 9.17) is 4.74 Å². The minimum atomic E-state index is -0.327. The summed E-state index contributed by atoms with van der Waals surface area (Å²) in [6, 6.07) is -0.327. The predicted molar refractivity (Wildman–Crippen MR) is 69.3 cm³/mol. The molecule has 0 spiro atoms. The Morgan fingerprint density at radius 3 is 2.78 bits per heavy atom. The highest BCUT2D eigenvalue weighted by atomic mass is 16.5. The molecule has 0 bridgehead atoms. The third-order valence-corrected chi connectivity index (χ3v) is 3.41. The van der Waals surface area contributed by atoms with E-state index in [1.807, 2.05) is 25.7 Å². The normalized spacial score (nSPS) is 22.5. The van der Waals surface area contributed by atoms with Gasteiger partial charge in [0.15, 0.2) is 0 Å². The zero-order valence-electron chi connectivity index (χ0n) is 11.6. The maximum atomic E-state index is 12.0. The first kappa shape index (κ1) is 15.1. The van der Waals surface area contributed by atoms with Gasteiger partial charge in [-0.25, -0.2) is 0 Å². The van der Waals surface area contributed by atoms with Crippen molar-refractivity contribution in [1.82, 2.24) is 10.2 Å². The molecule has 104 valence electrons. The number of rotatable bonds is 6. The topological polar surface area (TPSA) is 58.6 Å². The summed E-state index contributed by atoms with van der Waals surface area (Å²) in [7, 11) is 0. The van der Waals surface area contributed by atoms with Gasteiger partial charge < -0.3 is 10.1 Å². The second-order valence-corrected chi connectivity index (χ2v) is 4.73. The highest BCUT2D eigenvalue weighted by Crippen LogP contribution is 2.10. The lowest BCUT2D eigenvalue weighted by Gasteiger charge is -2.34. The molecule has 0 saturated carbocycles. The highest BCUT2D eigenvalue weighted by molar-refractivity contribution is 5.85. The molecule has 1 heterocycles. The van der Waals surface area contributed by atoms with Crippen LogP contribution in [0, 0.1) is 5.92 Å². The Kier molecular flexibility index (Phi) is 6.29. The van der Waals surface area contributed by atoms with Crippen molar-refractivity contribution in [2.75, 3.05) is 32.8 Å². The number of hydrogen-bond acceptors (Lipinski definition) is 4. The molecular formula is C13H24N2O3. The number of Topliss-reactive ketones (excluding diaryl/α,β-unsaturated/α-hetero) is 1. The van der Waals surface area contributed by atoms with Gasteiger partial charge in [-0.1, -0.05) is 13.8 Å². The smallest absolute Gasteiger partial charge is 0.239 e. The van der Waals surface area contributed by atoms with Gasteiger partial charge in [-0.05, 0) is 13.3 Å². The lowest BCUT2D eigenvalue weighted by atomic mass is 10.0. The van der Waals surface area contributed by atoms with Crippen molar-refractivity contribution < 1.29 is 14.3 Å². The van der Waals surface area contributed by atoms with Gasteiger partial charge in [0, 0.05) is 19.0 Å². The van der Waals surface area contributed by atoms with E-state index in [0.29, 0.717) is 32.8 Å². The van der Waals surface area contributed by atoms with E-state index < -0.39 is 0 Å². The quantitative estimate of drug-likeness (QED) is 0.749. The number of likely N-dealkylation sites (N-methyl/N-ethyl adjacent to an activating group) is 1. The van der Waals surface area contributed by atoms with E-state index >= 15 is 0 Å². The molecule has 1 saturated heterocycles. The number of nitrogens with one attached hydrogen (secondary N) is 1. The molecule has 1 aliphatic heterocycles. The number of nitrogens with zero attached hydrogens (tertiary/aromatic N) is 1. The summed E-state index contributed by atoms with van der Waals surface area (Å²) in [6.07, 6.45) is 0.842. The molecule has 0 radical (unpaired) electrons. The van der Waals surface area contributed by atoms with Crippen LogP contribution >= 0.6 is 0 Å². The van der Waals surface area contributed by atoms with E-state index in [2.05, 4.69) is 5.32 Å². The average molecular weight is 256 g/mol. The third kappa shape index (κ3) is 4.07. The molecule has 1 amide bonds. The molecule has 0 aromatic heterocycles. The van der Waals surface area contributed by atoms with Crippen LogP contribution in [0.4, 0.5) is 0 Å². The van der Waals surface area contributed by atoms with Gasteiger partial charge in [0.05, 0.1) is 19.8 Å². The van der Waals surface area contributed by atoms with Crippen LogP contribution in [0.15, 0.2) is 0 Å². The van der Waals surface area contributed by atoms with Crippen molar-refractivity contribution in [3.63, 3.8) is 0 Å². The van der Waals surface area contributed by atoms with Crippen molar-refractivity contribution in [2.45, 2.75) is 33.2 Å². The number of carbonyl (C=O) groups is 2. The van der Waals surface area contributed by atoms with Crippen LogP contribution in [0.2, 0.25) is 0 Å². The molecule has 0 aromatic rings. The molecule has 1 rings (SSSR count). The van der Waals surface area contributed by atoms with Crippen molar-refractivity contribution in [3.8, 4) is 0 Å². The minimum absolute atomic E-state index is 0.0471. The molecule has 1 fully saturated rings. The van der Waals surface area contributed by atoms with Crippen LogP contribution in [0.5, 0.6) is 0 Å². The summed E-state index contributed by atoms with van der Waals surface area (Å²) in [4.78, 5) is 25.8. The number of hydrogen-bond donors (Lipinski definition) is 1. The van der Waals surface area contributed by atoms with E-state index in [0.717, 1.165) is 6.42 Å². The van der Waals surface area contributed by atoms with Crippen LogP contribution in [0.3, 0.4) is 0 Å². The highest BCUT2D eigenvalue weighted by Gasteiger charge is 2.30. The van der Waals surface area contributed by atoms with Crippen LogP contribution in [0.25, 0.3) is 0 Å². The molecule has 5 heteroatoms. The lowest BCUT2D eigenvalue weighted by molar-refractivity contribution is -0.135. The predicted octanol–water partition coefficient (Wildman–Crippen LogP) is 0.439. The number of amides is 1. The monoisotopic (exact) mass is 256 g/mol. The van der Waals surface area contributed by atoms with E-state index in [9.17, 15) is 9.59 Å². The van der Waals surface area contributed by atoms with Gasteiger partial charge in [0.2, 0.25) is 5.91 Å². The summed E-state index contributed by atoms with van der Waals surface area (Å²) in [5, 5.41) is 2.79. The van der Waals surface area contributed by atoms with Crippen molar-refractivity contribution in [1.29, 1.82) is 0 Å². The van der Waals surface area contributed by atoms with Crippen molar-refractivity contribution >= 4 is 11.7 Å². The van der Waals surface area contributed by atoms with E-state index in [-0.39, 0.29) is 23.7 Å². The molecular weight excluding hydrogens is 232 g/mol. The standard InChI is InChI=1S/C13H24N2O3/c1-4-10(3)12(16)8-15-6-7-18-9-11(15)13(17)14-5-2/h10-11H,4-9H2,1-3H3,(H,14,17). The van der Waals surface area contributed by atoms with Gasteiger partial charge in [-0.15, -0.1) is 0 Å². The van der Waals surface area contributed by atoms with E-state index in [1.165, 1.54) is 0 Å². The maximum Gasteiger partial charge on any atom is 0.239 e. The third-order valence-electron chi connectivity index (χ3n) is 3.41. The maximum absolute atomic E-state index is 12.0. The molecule has 18 heavy (non-hydrogen) atoms. The van der Waals surface area contributed by atoms with Crippen LogP contribution in [0.1, 0.15) is 27.2 Å². The zero-order chi connectivity index (χ0) is 13.5. The number of carbonyl (C=O) groups excluding carboxylic acids is 2. The van der Waals surface area contributed by atoms with Crippen molar-refractivity contribution in [3.05, 3.63) is 0 Å². The molecule has 5 nitrogen and oxygen atoms in total. The van der Waals surface area contributed by atoms with Crippen LogP contribution in [-0.4, -0.2) is 55.5 Å². The molecule has 1 aliphatic rings. The summed E-state index contributed by atoms with van der Waals surface area (Å²) >= 11 is 0. The zero-order valence-corrected chi connectivity index (χ0v) is 11.6. The number of morpholine rings is 1. The Labute approximate surface area is 109 Å². The summed E-state index contributed by atoms with van der Waals surface area (Å²) in [5.41, 5.74) is 0. The largest absolute Gasteiger partial charge is 0.378 e. The van der Waals surface area contributed by atoms with Gasteiger partial charge in [-0.3, -0.25) is 14.5 Å². The first-order valence-electron chi connectivity index (χ1n) is 6.72. The first-order chi connectivity index (χ1) is 8.60. The molecule has 1 N–H and O–H groups in total. The van der Waals surface area contributed by atoms with Gasteiger partial charge >= 0.3 is 0 Å². The van der Waals surface area contributed by atoms with Crippen molar-refractivity contribution in [2.24, 2.45) is 5.92 Å². The fourth-order valence-electron chi connectivity index (χ4n) is 1.94. The van der Waals surface area contributed by atoms with Crippen LogP contribution in [-0.2, 0) is 14.3 Å². The number of ketones is 1. The molecule has 0 aliphatic carbocycles. The van der Waals surface area contributed by atoms with Gasteiger partial charge in [0.25, 0.3) is 0 Å². The fraction of sp³-hybridized carbons (Fsp3) is 0.846. The van der Waals surface area contributed by atoms with E-state index in [1.54, 1.807) is 0 Å². The second-order valence-electron chi connectivity index (χ2n) is 4.73. The minimum Gasteiger partial charge on any atom is -0.378 e. The Morgan fingerprint density at radius 1 is 1.44 bits per heavy atom. The Balaban J connectivity index is 2.59. The SMILES string of the molecule is CCNC(=O)C1COCCN1CC(=O)C(C)CC. The summed E-state index contributed by atoms with van der Waals surface area (Å²) in [6.45, 7) is 8.37. The molecule has 2 atom stereocenters. The van der Waals surface area contributed by atoms with Gasteiger partial charge in [-0.2, -0.15) is 0 Å². The average Bonchev–Trinajstić information content (AvgIpc) is 2.38. The summed E-state index contributed by atoms with van der Waals surface area (Å²) in [5.74, 6) is 0.214. The molecule has 2 unspecified atom stereocenters. The Hall–Kier alpha value is -0.940. The fourth-order valence-corrected chi connectivity index (χ4v) is 1.94. The molecule has 0 aromatic carbocycles. The summed E-state index contributed by atoms with van der Waals surface area (Å²) < 4.78 is 5.33. The first-order valence-corrected chi connectivity index (χ1v) is 6.72. The van der Waals surface area contributed by atoms with Crippen LogP contribution < -0.4 is 5.32 Å². The second kappa shape index (κ2) is 7.48.